The fourth-order valence-corrected chi connectivity index (χ4v) is 18.2. The van der Waals surface area contributed by atoms with Gasteiger partial charge in [-0.3, -0.25) is 0 Å². The third-order valence-corrected chi connectivity index (χ3v) is 23.2. The predicted octanol–water partition coefficient (Wildman–Crippen LogP) is 27.4. The van der Waals surface area contributed by atoms with Gasteiger partial charge in [0.2, 0.25) is 0 Å². The minimum atomic E-state index is -0.882. The van der Waals surface area contributed by atoms with Gasteiger partial charge in [-0.15, -0.1) is 0 Å². The van der Waals surface area contributed by atoms with Crippen molar-refractivity contribution < 1.29 is 30.8 Å². The van der Waals surface area contributed by atoms with Crippen LogP contribution in [0.5, 0.6) is 0 Å². The lowest BCUT2D eigenvalue weighted by atomic mass is 9.33. The largest absolute Gasteiger partial charge is 0.456 e. The molecule has 0 amide bonds. The number of furan rings is 2. The van der Waals surface area contributed by atoms with Gasteiger partial charge in [0.15, 0.2) is 0 Å². The van der Waals surface area contributed by atoms with Crippen LogP contribution in [0.4, 0.5) is 34.1 Å². The van der Waals surface area contributed by atoms with Gasteiger partial charge in [-0.2, -0.15) is 0 Å². The van der Waals surface area contributed by atoms with E-state index in [0.29, 0.717) is 72.9 Å². The van der Waals surface area contributed by atoms with E-state index in [0.717, 1.165) is 99.3 Å². The maximum absolute atomic E-state index is 10.1. The monoisotopic (exact) mass is 1480 g/mol. The molecule has 0 N–H and O–H groups in total. The van der Waals surface area contributed by atoms with E-state index in [-0.39, 0.29) is 55.0 Å². The number of fused-ring (bicyclic) bond motifs is 16. The highest BCUT2D eigenvalue weighted by Gasteiger charge is 2.46. The Balaban J connectivity index is 0.933. The van der Waals surface area contributed by atoms with E-state index in [9.17, 15) is 21.9 Å². The molecule has 7 heteroatoms. The van der Waals surface area contributed by atoms with Crippen LogP contribution in [0.25, 0.3) is 177 Å². The molecule has 115 heavy (non-hydrogen) atoms. The Morgan fingerprint density at radius 2 is 0.609 bits per heavy atom. The van der Waals surface area contributed by atoms with E-state index >= 15 is 0 Å². The van der Waals surface area contributed by atoms with Gasteiger partial charge in [-0.1, -0.05) is 291 Å². The third-order valence-electron chi connectivity index (χ3n) is 23.2. The first-order valence-electron chi connectivity index (χ1n) is 46.2. The minimum Gasteiger partial charge on any atom is -0.456 e. The molecule has 0 atom stereocenters. The lowest BCUT2D eigenvalue weighted by Crippen LogP contribution is -2.61. The number of rotatable bonds is 11. The number of hydrogen-bond acceptors (Lipinski definition) is 4. The summed E-state index contributed by atoms with van der Waals surface area (Å²) in [6.45, 7) is -0.882. The number of para-hydroxylation sites is 6. The molecular formula is C108H67BN4O2. The van der Waals surface area contributed by atoms with Gasteiger partial charge < -0.3 is 27.8 Å². The molecule has 6 heterocycles. The van der Waals surface area contributed by atoms with Crippen LogP contribution < -0.4 is 26.2 Å². The summed E-state index contributed by atoms with van der Waals surface area (Å²) < 4.78 is 171. The minimum absolute atomic E-state index is 0.0806. The maximum Gasteiger partial charge on any atom is 0.252 e. The molecule has 24 rings (SSSR count). The van der Waals surface area contributed by atoms with E-state index in [4.69, 9.17) is 8.83 Å². The van der Waals surface area contributed by atoms with Crippen LogP contribution in [0.2, 0.25) is 0 Å². The molecule has 0 saturated heterocycles. The molecule has 534 valence electrons. The average Bonchev–Trinajstić information content (AvgIpc) is 1.69. The zero-order valence-electron chi connectivity index (χ0n) is 77.1. The van der Waals surface area contributed by atoms with E-state index in [1.54, 1.807) is 9.13 Å². The zero-order valence-corrected chi connectivity index (χ0v) is 61.1. The maximum atomic E-state index is 10.1. The summed E-state index contributed by atoms with van der Waals surface area (Å²) in [6.07, 6.45) is 0. The van der Waals surface area contributed by atoms with Crippen molar-refractivity contribution in [2.45, 2.75) is 0 Å². The van der Waals surface area contributed by atoms with E-state index in [1.807, 2.05) is 188 Å². The van der Waals surface area contributed by atoms with Gasteiger partial charge in [0, 0.05) is 99.5 Å². The highest BCUT2D eigenvalue weighted by atomic mass is 16.3. The Labute approximate surface area is 686 Å². The molecule has 0 aliphatic carbocycles. The van der Waals surface area contributed by atoms with Crippen LogP contribution in [0.15, 0.2) is 415 Å². The molecule has 0 saturated carbocycles. The Hall–Kier alpha value is -15.2. The summed E-state index contributed by atoms with van der Waals surface area (Å²) in [4.78, 5) is 4.63. The van der Waals surface area contributed by atoms with Crippen molar-refractivity contribution in [3.63, 3.8) is 0 Å². The van der Waals surface area contributed by atoms with Crippen LogP contribution in [-0.2, 0) is 0 Å². The molecule has 0 radical (unpaired) electrons. The second kappa shape index (κ2) is 25.7. The first-order valence-corrected chi connectivity index (χ1v) is 38.2. The van der Waals surface area contributed by atoms with Crippen molar-refractivity contribution >= 4 is 145 Å². The quantitative estimate of drug-likeness (QED) is 0.121. The van der Waals surface area contributed by atoms with Gasteiger partial charge in [0.25, 0.3) is 6.71 Å². The molecule has 0 fully saturated rings. The Kier molecular flexibility index (Phi) is 11.3. The van der Waals surface area contributed by atoms with Gasteiger partial charge >= 0.3 is 0 Å². The van der Waals surface area contributed by atoms with Crippen molar-refractivity contribution in [3.8, 4) is 89.3 Å². The standard InChI is InChI=1S/C108H67BN4O2/c1-6-29-68(30-7-1)74-60-86(70-33-10-3-11-34-70)107(87(61-74)71-35-12-4-13-36-71)112-97-66-77(110-93-46-22-16-39-79(93)80-40-17-23-47-94(80)110)54-56-91(97)109-92-57-55-78(111-95-48-24-18-41-81(95)82-42-19-25-49-96(82)111)67-98(92)113(100-65-76(64-99(112)106(100)109)73-53-58-103-89(59-73)83-43-20-26-50-101(83)114-103)108-88(72-37-14-5-15-38-72)62-75(69-31-8-2-9-32-69)63-90(108)84-45-28-52-104-105(84)85-44-21-27-51-102(85)115-104/h1-67H/i16D,17D,18D,19D,22D,23D,24D,25D,39D,40D,41D,42D,46D,47D,48D,49D. The summed E-state index contributed by atoms with van der Waals surface area (Å²) in [5.41, 5.74) is 20.1. The molecule has 18 aromatic carbocycles. The topological polar surface area (TPSA) is 42.6 Å². The highest BCUT2D eigenvalue weighted by molar-refractivity contribution is 7.00. The number of hydrogen-bond donors (Lipinski definition) is 0. The third kappa shape index (κ3) is 10.0. The van der Waals surface area contributed by atoms with Crippen molar-refractivity contribution in [2.75, 3.05) is 9.80 Å². The fraction of sp³-hybridized carbons (Fsp3) is 0. The van der Waals surface area contributed by atoms with Gasteiger partial charge in [-0.25, -0.2) is 0 Å². The second-order valence-corrected chi connectivity index (χ2v) is 29.3. The fourth-order valence-electron chi connectivity index (χ4n) is 18.2. The van der Waals surface area contributed by atoms with E-state index in [2.05, 4.69) is 131 Å². The zero-order chi connectivity index (χ0) is 89.3. The van der Waals surface area contributed by atoms with Crippen molar-refractivity contribution in [2.24, 2.45) is 0 Å². The van der Waals surface area contributed by atoms with Crippen LogP contribution in [0.1, 0.15) is 21.9 Å². The Morgan fingerprint density at radius 3 is 1.09 bits per heavy atom. The summed E-state index contributed by atoms with van der Waals surface area (Å²) in [5.74, 6) is 0. The van der Waals surface area contributed by atoms with E-state index < -0.39 is 103 Å². The number of anilines is 6. The first kappa shape index (κ1) is 50.6. The molecule has 0 unspecified atom stereocenters. The van der Waals surface area contributed by atoms with Crippen LogP contribution >= 0.6 is 0 Å². The van der Waals surface area contributed by atoms with Crippen LogP contribution in [-0.4, -0.2) is 15.8 Å². The van der Waals surface area contributed by atoms with Crippen molar-refractivity contribution in [1.29, 1.82) is 0 Å². The lowest BCUT2D eigenvalue weighted by Gasteiger charge is -2.46. The summed E-state index contributed by atoms with van der Waals surface area (Å²) in [7, 11) is 0. The highest BCUT2D eigenvalue weighted by Crippen LogP contribution is 2.57. The molecule has 2 aliphatic heterocycles. The Bertz CT molecular complexity index is 8550. The molecule has 4 aromatic heterocycles. The van der Waals surface area contributed by atoms with Crippen LogP contribution in [0, 0.1) is 0 Å². The normalized spacial score (nSPS) is 14.4. The molecule has 0 bridgehead atoms. The number of aromatic nitrogens is 2. The predicted molar refractivity (Wildman–Crippen MR) is 482 cm³/mol. The van der Waals surface area contributed by atoms with Crippen LogP contribution in [0.3, 0.4) is 0 Å². The SMILES string of the molecule is [2H]c1c([2H])c([2H])c2c(c1[2H])c1c([2H])c([2H])c([2H])c([2H])c1n2-c1ccc2c(c1)N(c1c(-c3ccccc3)cc(-c3ccccc3)cc1-c1ccccc1)c1cc(-c3ccc4oc5ccccc5c4c3)cc3c1B2c1ccc(-n2c4c([2H])c([2H])c([2H])c([2H])c4c4c([2H])c([2H])c([2H])c([2H])c42)cc1N3c1c(-c2ccccc2)cc(-c2ccccc2)cc1-c1cccc2oc3ccccc3c12. The van der Waals surface area contributed by atoms with E-state index in [1.165, 1.54) is 0 Å². The molecule has 6 nitrogen and oxygen atoms in total. The lowest BCUT2D eigenvalue weighted by molar-refractivity contribution is 0.668. The van der Waals surface area contributed by atoms with Gasteiger partial charge in [-0.05, 0) is 187 Å². The van der Waals surface area contributed by atoms with Gasteiger partial charge in [0.05, 0.1) is 55.4 Å². The van der Waals surface area contributed by atoms with Crippen molar-refractivity contribution in [1.82, 2.24) is 9.13 Å². The Morgan fingerprint density at radius 1 is 0.235 bits per heavy atom. The molecule has 2 aliphatic rings. The summed E-state index contributed by atoms with van der Waals surface area (Å²) in [6, 6.07) is 95.8. The smallest absolute Gasteiger partial charge is 0.252 e. The summed E-state index contributed by atoms with van der Waals surface area (Å²) in [5, 5.41) is 3.00. The summed E-state index contributed by atoms with van der Waals surface area (Å²) >= 11 is 0. The number of nitrogens with zero attached hydrogens (tertiary/aromatic N) is 4. The second-order valence-electron chi connectivity index (χ2n) is 29.3. The molecular weight excluding hydrogens is 1400 g/mol. The number of benzene rings is 18. The van der Waals surface area contributed by atoms with Crippen molar-refractivity contribution in [3.05, 3.63) is 406 Å². The van der Waals surface area contributed by atoms with Gasteiger partial charge in [0.1, 0.15) is 22.3 Å². The molecule has 0 spiro atoms. The first-order chi connectivity index (χ1) is 63.7. The average molecular weight is 1480 g/mol. The molecule has 22 aromatic rings.